The standard InChI is InChI=1S/C20H23F2N3O2/c21-15-5-6-17(18(22)14-15)20(27)23-9-3-4-19(26)25-12-7-16(8-13-25)24-10-1-2-11-24/h1-2,5-6,10-11,14,16H,3-4,7-9,12-13H2,(H,23,27). The van der Waals surface area contributed by atoms with E-state index in [-0.39, 0.29) is 18.0 Å². The Morgan fingerprint density at radius 1 is 1.11 bits per heavy atom. The predicted molar refractivity (Wildman–Crippen MR) is 97.2 cm³/mol. The number of nitrogens with one attached hydrogen (secondary N) is 1. The second-order valence-electron chi connectivity index (χ2n) is 6.73. The number of hydrogen-bond donors (Lipinski definition) is 1. The Morgan fingerprint density at radius 2 is 1.81 bits per heavy atom. The quantitative estimate of drug-likeness (QED) is 0.789. The number of carbonyl (C=O) groups excluding carboxylic acids is 2. The van der Waals surface area contributed by atoms with Crippen molar-refractivity contribution in [1.82, 2.24) is 14.8 Å². The Balaban J connectivity index is 1.37. The Morgan fingerprint density at radius 3 is 2.48 bits per heavy atom. The molecule has 0 bridgehead atoms. The molecule has 2 aromatic rings. The van der Waals surface area contributed by atoms with Crippen LogP contribution in [-0.2, 0) is 4.79 Å². The number of likely N-dealkylation sites (tertiary alicyclic amines) is 1. The van der Waals surface area contributed by atoms with Crippen molar-refractivity contribution in [3.05, 3.63) is 59.9 Å². The molecule has 7 heteroatoms. The molecule has 1 aromatic heterocycles. The van der Waals surface area contributed by atoms with E-state index in [1.807, 2.05) is 17.0 Å². The van der Waals surface area contributed by atoms with Gasteiger partial charge in [-0.25, -0.2) is 8.78 Å². The van der Waals surface area contributed by atoms with Crippen LogP contribution in [0.2, 0.25) is 0 Å². The number of aromatic nitrogens is 1. The Labute approximate surface area is 157 Å². The number of hydrogen-bond acceptors (Lipinski definition) is 2. The molecule has 27 heavy (non-hydrogen) atoms. The van der Waals surface area contributed by atoms with Crippen LogP contribution in [0.1, 0.15) is 42.1 Å². The molecule has 1 saturated heterocycles. The van der Waals surface area contributed by atoms with Gasteiger partial charge in [0.25, 0.3) is 5.91 Å². The van der Waals surface area contributed by atoms with Crippen LogP contribution in [0.3, 0.4) is 0 Å². The molecule has 1 fully saturated rings. The van der Waals surface area contributed by atoms with Crippen LogP contribution < -0.4 is 5.32 Å². The van der Waals surface area contributed by atoms with Crippen molar-refractivity contribution in [2.24, 2.45) is 0 Å². The number of rotatable bonds is 6. The lowest BCUT2D eigenvalue weighted by atomic mass is 10.0. The van der Waals surface area contributed by atoms with Crippen molar-refractivity contribution in [2.45, 2.75) is 31.7 Å². The van der Waals surface area contributed by atoms with Crippen LogP contribution in [0.25, 0.3) is 0 Å². The number of benzene rings is 1. The molecule has 0 atom stereocenters. The Bertz CT molecular complexity index is 785. The highest BCUT2D eigenvalue weighted by atomic mass is 19.1. The summed E-state index contributed by atoms with van der Waals surface area (Å²) in [7, 11) is 0. The first-order chi connectivity index (χ1) is 13.0. The van der Waals surface area contributed by atoms with E-state index in [0.29, 0.717) is 24.9 Å². The molecule has 2 amide bonds. The van der Waals surface area contributed by atoms with Crippen LogP contribution in [0.4, 0.5) is 8.78 Å². The van der Waals surface area contributed by atoms with Gasteiger partial charge < -0.3 is 14.8 Å². The molecule has 3 rings (SSSR count). The van der Waals surface area contributed by atoms with Crippen molar-refractivity contribution in [1.29, 1.82) is 0 Å². The first-order valence-corrected chi connectivity index (χ1v) is 9.18. The fourth-order valence-electron chi connectivity index (χ4n) is 3.37. The highest BCUT2D eigenvalue weighted by Crippen LogP contribution is 2.22. The maximum absolute atomic E-state index is 13.6. The molecule has 2 heterocycles. The average Bonchev–Trinajstić information content (AvgIpc) is 3.20. The molecule has 0 spiro atoms. The molecule has 0 aliphatic carbocycles. The van der Waals surface area contributed by atoms with Gasteiger partial charge in [-0.15, -0.1) is 0 Å². The third kappa shape index (κ3) is 4.93. The highest BCUT2D eigenvalue weighted by molar-refractivity contribution is 5.94. The first kappa shape index (κ1) is 19.1. The number of nitrogens with zero attached hydrogens (tertiary/aromatic N) is 2. The second kappa shape index (κ2) is 8.79. The van der Waals surface area contributed by atoms with Crippen molar-refractivity contribution >= 4 is 11.8 Å². The van der Waals surface area contributed by atoms with Crippen molar-refractivity contribution in [3.63, 3.8) is 0 Å². The number of carbonyl (C=O) groups is 2. The zero-order valence-electron chi connectivity index (χ0n) is 15.0. The lowest BCUT2D eigenvalue weighted by Gasteiger charge is -2.33. The van der Waals surface area contributed by atoms with Crippen molar-refractivity contribution in [2.75, 3.05) is 19.6 Å². The smallest absolute Gasteiger partial charge is 0.254 e. The summed E-state index contributed by atoms with van der Waals surface area (Å²) in [4.78, 5) is 26.1. The van der Waals surface area contributed by atoms with Crippen molar-refractivity contribution < 1.29 is 18.4 Å². The molecular formula is C20H23F2N3O2. The van der Waals surface area contributed by atoms with E-state index in [9.17, 15) is 18.4 Å². The molecule has 1 N–H and O–H groups in total. The zero-order chi connectivity index (χ0) is 19.2. The SMILES string of the molecule is O=C(NCCCC(=O)N1CCC(n2cccc2)CC1)c1ccc(F)cc1F. The van der Waals surface area contributed by atoms with Gasteiger partial charge in [0.15, 0.2) is 0 Å². The maximum atomic E-state index is 13.6. The van der Waals surface area contributed by atoms with Gasteiger partial charge in [-0.2, -0.15) is 0 Å². The van der Waals surface area contributed by atoms with Crippen LogP contribution in [0, 0.1) is 11.6 Å². The Kier molecular flexibility index (Phi) is 6.21. The lowest BCUT2D eigenvalue weighted by Crippen LogP contribution is -2.39. The van der Waals surface area contributed by atoms with Gasteiger partial charge in [-0.3, -0.25) is 9.59 Å². The van der Waals surface area contributed by atoms with E-state index in [1.54, 1.807) is 0 Å². The van der Waals surface area contributed by atoms with Crippen LogP contribution in [0.15, 0.2) is 42.7 Å². The largest absolute Gasteiger partial charge is 0.352 e. The molecule has 1 aliphatic heterocycles. The number of halogens is 2. The highest BCUT2D eigenvalue weighted by Gasteiger charge is 2.23. The minimum atomic E-state index is -0.894. The normalized spacial score (nSPS) is 15.0. The summed E-state index contributed by atoms with van der Waals surface area (Å²) >= 11 is 0. The van der Waals surface area contributed by atoms with E-state index < -0.39 is 17.5 Å². The molecule has 5 nitrogen and oxygen atoms in total. The van der Waals surface area contributed by atoms with Gasteiger partial charge in [0.2, 0.25) is 5.91 Å². The first-order valence-electron chi connectivity index (χ1n) is 9.18. The molecule has 1 aromatic carbocycles. The summed E-state index contributed by atoms with van der Waals surface area (Å²) in [6.45, 7) is 1.73. The maximum Gasteiger partial charge on any atom is 0.254 e. The summed E-state index contributed by atoms with van der Waals surface area (Å²) in [5.74, 6) is -2.15. The van der Waals surface area contributed by atoms with Gasteiger partial charge in [0.05, 0.1) is 5.56 Å². The van der Waals surface area contributed by atoms with Crippen LogP contribution in [0.5, 0.6) is 0 Å². The molecular weight excluding hydrogens is 352 g/mol. The van der Waals surface area contributed by atoms with Crippen LogP contribution >= 0.6 is 0 Å². The molecule has 0 unspecified atom stereocenters. The third-order valence-electron chi connectivity index (χ3n) is 4.90. The minimum absolute atomic E-state index is 0.0724. The summed E-state index contributed by atoms with van der Waals surface area (Å²) < 4.78 is 28.6. The van der Waals surface area contributed by atoms with E-state index in [2.05, 4.69) is 22.3 Å². The van der Waals surface area contributed by atoms with Gasteiger partial charge >= 0.3 is 0 Å². The predicted octanol–water partition coefficient (Wildman–Crippen LogP) is 3.14. The molecule has 144 valence electrons. The van der Waals surface area contributed by atoms with Crippen LogP contribution in [-0.4, -0.2) is 40.9 Å². The number of piperidine rings is 1. The molecule has 0 saturated carbocycles. The van der Waals surface area contributed by atoms with E-state index in [0.717, 1.165) is 38.1 Å². The summed E-state index contributed by atoms with van der Waals surface area (Å²) in [6, 6.07) is 7.27. The van der Waals surface area contributed by atoms with Gasteiger partial charge in [-0.1, -0.05) is 0 Å². The van der Waals surface area contributed by atoms with E-state index in [1.165, 1.54) is 0 Å². The number of amides is 2. The lowest BCUT2D eigenvalue weighted by molar-refractivity contribution is -0.132. The third-order valence-corrected chi connectivity index (χ3v) is 4.90. The van der Waals surface area contributed by atoms with Crippen molar-refractivity contribution in [3.8, 4) is 0 Å². The monoisotopic (exact) mass is 375 g/mol. The summed E-state index contributed by atoms with van der Waals surface area (Å²) in [5, 5.41) is 2.57. The average molecular weight is 375 g/mol. The Hall–Kier alpha value is -2.70. The molecule has 0 radical (unpaired) electrons. The topological polar surface area (TPSA) is 54.3 Å². The van der Waals surface area contributed by atoms with E-state index in [4.69, 9.17) is 0 Å². The molecule has 1 aliphatic rings. The summed E-state index contributed by atoms with van der Waals surface area (Å²) in [5.41, 5.74) is -0.199. The van der Waals surface area contributed by atoms with Gasteiger partial charge in [0.1, 0.15) is 11.6 Å². The fourth-order valence-corrected chi connectivity index (χ4v) is 3.37. The van der Waals surface area contributed by atoms with Gasteiger partial charge in [0, 0.05) is 50.6 Å². The fraction of sp³-hybridized carbons (Fsp3) is 0.400. The minimum Gasteiger partial charge on any atom is -0.352 e. The zero-order valence-corrected chi connectivity index (χ0v) is 15.0. The van der Waals surface area contributed by atoms with Gasteiger partial charge in [-0.05, 0) is 43.5 Å². The van der Waals surface area contributed by atoms with E-state index >= 15 is 0 Å². The summed E-state index contributed by atoms with van der Waals surface area (Å²) in [6.07, 6.45) is 6.77. The second-order valence-corrected chi connectivity index (χ2v) is 6.73.